The van der Waals surface area contributed by atoms with E-state index >= 15 is 0 Å². The Morgan fingerprint density at radius 1 is 1.16 bits per heavy atom. The molecule has 3 nitrogen and oxygen atoms in total. The van der Waals surface area contributed by atoms with Gasteiger partial charge in [-0.3, -0.25) is 4.68 Å². The van der Waals surface area contributed by atoms with E-state index in [0.717, 1.165) is 17.8 Å². The Balaban J connectivity index is 2.33. The molecule has 1 aromatic carbocycles. The van der Waals surface area contributed by atoms with Gasteiger partial charge in [0.25, 0.3) is 0 Å². The standard InChI is InChI=1S/C16H23N3/c1-10-7-6-8-11(2)14(10)9-15(17)16-12(3)18-19(5)13(16)4/h6-8,15H,9,17H2,1-5H3. The maximum atomic E-state index is 6.43. The van der Waals surface area contributed by atoms with Gasteiger partial charge in [-0.25, -0.2) is 0 Å². The summed E-state index contributed by atoms with van der Waals surface area (Å²) in [6.07, 6.45) is 0.867. The summed E-state index contributed by atoms with van der Waals surface area (Å²) in [5, 5.41) is 4.45. The highest BCUT2D eigenvalue weighted by Crippen LogP contribution is 2.25. The Bertz CT molecular complexity index is 576. The van der Waals surface area contributed by atoms with E-state index in [1.807, 2.05) is 18.7 Å². The van der Waals surface area contributed by atoms with Crippen LogP contribution in [0.4, 0.5) is 0 Å². The lowest BCUT2D eigenvalue weighted by Gasteiger charge is -2.16. The summed E-state index contributed by atoms with van der Waals surface area (Å²) in [5.41, 5.74) is 13.8. The number of nitrogens with two attached hydrogens (primary N) is 1. The van der Waals surface area contributed by atoms with Gasteiger partial charge in [0.15, 0.2) is 0 Å². The normalized spacial score (nSPS) is 12.7. The Labute approximate surface area is 115 Å². The van der Waals surface area contributed by atoms with E-state index in [0.29, 0.717) is 0 Å². The van der Waals surface area contributed by atoms with Crippen molar-refractivity contribution >= 4 is 0 Å². The molecule has 0 aliphatic rings. The molecule has 0 spiro atoms. The van der Waals surface area contributed by atoms with E-state index in [9.17, 15) is 0 Å². The predicted molar refractivity (Wildman–Crippen MR) is 79.2 cm³/mol. The molecule has 2 N–H and O–H groups in total. The fraction of sp³-hybridized carbons (Fsp3) is 0.438. The molecule has 2 aromatic rings. The van der Waals surface area contributed by atoms with Crippen LogP contribution in [0.3, 0.4) is 0 Å². The molecule has 19 heavy (non-hydrogen) atoms. The molecule has 3 heteroatoms. The highest BCUT2D eigenvalue weighted by Gasteiger charge is 2.18. The van der Waals surface area contributed by atoms with Crippen molar-refractivity contribution < 1.29 is 0 Å². The summed E-state index contributed by atoms with van der Waals surface area (Å²) in [6, 6.07) is 6.41. The second-order valence-corrected chi connectivity index (χ2v) is 5.39. The molecule has 2 rings (SSSR count). The third kappa shape index (κ3) is 2.56. The van der Waals surface area contributed by atoms with Crippen LogP contribution in [0, 0.1) is 27.7 Å². The van der Waals surface area contributed by atoms with Crippen LogP contribution >= 0.6 is 0 Å². The van der Waals surface area contributed by atoms with Crippen molar-refractivity contribution in [1.82, 2.24) is 9.78 Å². The maximum Gasteiger partial charge on any atom is 0.0644 e. The number of nitrogens with zero attached hydrogens (tertiary/aromatic N) is 2. The van der Waals surface area contributed by atoms with Crippen LogP contribution in [0.2, 0.25) is 0 Å². The second-order valence-electron chi connectivity index (χ2n) is 5.39. The van der Waals surface area contributed by atoms with E-state index in [2.05, 4.69) is 44.1 Å². The molecule has 0 radical (unpaired) electrons. The Morgan fingerprint density at radius 2 is 1.74 bits per heavy atom. The lowest BCUT2D eigenvalue weighted by Crippen LogP contribution is -2.16. The molecule has 0 fully saturated rings. The lowest BCUT2D eigenvalue weighted by atomic mass is 9.92. The Hall–Kier alpha value is -1.61. The minimum Gasteiger partial charge on any atom is -0.324 e. The first-order valence-electron chi connectivity index (χ1n) is 6.72. The number of hydrogen-bond donors (Lipinski definition) is 1. The SMILES string of the molecule is Cc1cccc(C)c1CC(N)c1c(C)nn(C)c1C. The fourth-order valence-corrected chi connectivity index (χ4v) is 2.82. The minimum atomic E-state index is 0.00787. The zero-order valence-corrected chi connectivity index (χ0v) is 12.5. The molecule has 1 heterocycles. The van der Waals surface area contributed by atoms with Crippen LogP contribution in [-0.2, 0) is 13.5 Å². The summed E-state index contributed by atoms with van der Waals surface area (Å²) in [5.74, 6) is 0. The molecule has 1 unspecified atom stereocenters. The van der Waals surface area contributed by atoms with Gasteiger partial charge in [-0.05, 0) is 50.8 Å². The fourth-order valence-electron chi connectivity index (χ4n) is 2.82. The molecule has 0 saturated carbocycles. The smallest absolute Gasteiger partial charge is 0.0644 e. The Morgan fingerprint density at radius 3 is 2.21 bits per heavy atom. The molecule has 102 valence electrons. The van der Waals surface area contributed by atoms with E-state index in [4.69, 9.17) is 5.73 Å². The molecule has 0 amide bonds. The van der Waals surface area contributed by atoms with E-state index in [1.54, 1.807) is 0 Å². The second kappa shape index (κ2) is 5.17. The first-order chi connectivity index (χ1) is 8.91. The number of aromatic nitrogens is 2. The van der Waals surface area contributed by atoms with Gasteiger partial charge in [0.1, 0.15) is 0 Å². The van der Waals surface area contributed by atoms with Crippen LogP contribution in [0.15, 0.2) is 18.2 Å². The average molecular weight is 257 g/mol. The van der Waals surface area contributed by atoms with Gasteiger partial charge < -0.3 is 5.73 Å². The van der Waals surface area contributed by atoms with Crippen LogP contribution in [0.1, 0.15) is 39.7 Å². The first-order valence-corrected chi connectivity index (χ1v) is 6.72. The van der Waals surface area contributed by atoms with Crippen molar-refractivity contribution in [3.63, 3.8) is 0 Å². The van der Waals surface area contributed by atoms with Crippen molar-refractivity contribution in [3.05, 3.63) is 51.8 Å². The van der Waals surface area contributed by atoms with Crippen LogP contribution < -0.4 is 5.73 Å². The number of benzene rings is 1. The van der Waals surface area contributed by atoms with E-state index in [1.165, 1.54) is 22.3 Å². The van der Waals surface area contributed by atoms with E-state index < -0.39 is 0 Å². The molecule has 0 aliphatic carbocycles. The third-order valence-corrected chi connectivity index (χ3v) is 4.00. The number of hydrogen-bond acceptors (Lipinski definition) is 2. The van der Waals surface area contributed by atoms with Crippen molar-refractivity contribution in [1.29, 1.82) is 0 Å². The summed E-state index contributed by atoms with van der Waals surface area (Å²) < 4.78 is 1.91. The van der Waals surface area contributed by atoms with Crippen molar-refractivity contribution in [2.75, 3.05) is 0 Å². The topological polar surface area (TPSA) is 43.8 Å². The van der Waals surface area contributed by atoms with Gasteiger partial charge in [-0.2, -0.15) is 5.10 Å². The lowest BCUT2D eigenvalue weighted by molar-refractivity contribution is 0.696. The molecular weight excluding hydrogens is 234 g/mol. The summed E-state index contributed by atoms with van der Waals surface area (Å²) in [6.45, 7) is 8.42. The van der Waals surface area contributed by atoms with Gasteiger partial charge in [0.2, 0.25) is 0 Å². The molecule has 1 atom stereocenters. The quantitative estimate of drug-likeness (QED) is 0.918. The Kier molecular flexibility index (Phi) is 3.76. The van der Waals surface area contributed by atoms with Crippen LogP contribution in [0.25, 0.3) is 0 Å². The minimum absolute atomic E-state index is 0.00787. The molecule has 0 aliphatic heterocycles. The van der Waals surface area contributed by atoms with Crippen LogP contribution in [0.5, 0.6) is 0 Å². The largest absolute Gasteiger partial charge is 0.324 e. The zero-order chi connectivity index (χ0) is 14.2. The zero-order valence-electron chi connectivity index (χ0n) is 12.5. The van der Waals surface area contributed by atoms with Crippen LogP contribution in [-0.4, -0.2) is 9.78 Å². The third-order valence-electron chi connectivity index (χ3n) is 4.00. The number of aryl methyl sites for hydroxylation is 4. The maximum absolute atomic E-state index is 6.43. The van der Waals surface area contributed by atoms with Gasteiger partial charge >= 0.3 is 0 Å². The van der Waals surface area contributed by atoms with Crippen molar-refractivity contribution in [3.8, 4) is 0 Å². The van der Waals surface area contributed by atoms with Gasteiger partial charge in [0.05, 0.1) is 5.69 Å². The molecular formula is C16H23N3. The van der Waals surface area contributed by atoms with Crippen molar-refractivity contribution in [2.45, 2.75) is 40.2 Å². The highest BCUT2D eigenvalue weighted by atomic mass is 15.3. The predicted octanol–water partition coefficient (Wildman–Crippen LogP) is 2.90. The van der Waals surface area contributed by atoms with Gasteiger partial charge in [-0.1, -0.05) is 18.2 Å². The average Bonchev–Trinajstić information content (AvgIpc) is 2.58. The highest BCUT2D eigenvalue weighted by molar-refractivity contribution is 5.37. The van der Waals surface area contributed by atoms with Gasteiger partial charge in [0, 0.05) is 24.3 Å². The van der Waals surface area contributed by atoms with E-state index in [-0.39, 0.29) is 6.04 Å². The molecule has 0 bridgehead atoms. The van der Waals surface area contributed by atoms with Crippen molar-refractivity contribution in [2.24, 2.45) is 12.8 Å². The summed E-state index contributed by atoms with van der Waals surface area (Å²) >= 11 is 0. The summed E-state index contributed by atoms with van der Waals surface area (Å²) in [7, 11) is 1.97. The first kappa shape index (κ1) is 13.8. The molecule has 1 aromatic heterocycles. The van der Waals surface area contributed by atoms with Gasteiger partial charge in [-0.15, -0.1) is 0 Å². The monoisotopic (exact) mass is 257 g/mol. The molecule has 0 saturated heterocycles. The summed E-state index contributed by atoms with van der Waals surface area (Å²) in [4.78, 5) is 0. The number of rotatable bonds is 3.